The van der Waals surface area contributed by atoms with Gasteiger partial charge in [0.1, 0.15) is 17.2 Å². The zero-order chi connectivity index (χ0) is 22.8. The van der Waals surface area contributed by atoms with Gasteiger partial charge in [0.15, 0.2) is 0 Å². The molecule has 1 N–H and O–H groups in total. The van der Waals surface area contributed by atoms with Crippen LogP contribution in [0.3, 0.4) is 0 Å². The smallest absolute Gasteiger partial charge is 0.257 e. The van der Waals surface area contributed by atoms with E-state index >= 15 is 0 Å². The van der Waals surface area contributed by atoms with E-state index in [1.54, 1.807) is 0 Å². The van der Waals surface area contributed by atoms with Gasteiger partial charge in [-0.25, -0.2) is 8.78 Å². The van der Waals surface area contributed by atoms with E-state index in [9.17, 15) is 18.4 Å². The maximum absolute atomic E-state index is 14.2. The van der Waals surface area contributed by atoms with E-state index in [4.69, 9.17) is 0 Å². The van der Waals surface area contributed by atoms with Crippen LogP contribution in [0.4, 0.5) is 8.78 Å². The first-order chi connectivity index (χ1) is 15.2. The number of likely N-dealkylation sites (tertiary alicyclic amines) is 1. The summed E-state index contributed by atoms with van der Waals surface area (Å²) in [5.41, 5.74) is -0.376. The summed E-state index contributed by atoms with van der Waals surface area (Å²) >= 11 is 0. The van der Waals surface area contributed by atoms with Crippen molar-refractivity contribution in [3.05, 3.63) is 35.4 Å². The summed E-state index contributed by atoms with van der Waals surface area (Å²) < 4.78 is 28.3. The van der Waals surface area contributed by atoms with Gasteiger partial charge < -0.3 is 10.2 Å². The summed E-state index contributed by atoms with van der Waals surface area (Å²) in [4.78, 5) is 27.2. The molecule has 32 heavy (non-hydrogen) atoms. The van der Waals surface area contributed by atoms with Gasteiger partial charge in [-0.2, -0.15) is 0 Å². The van der Waals surface area contributed by atoms with Crippen molar-refractivity contribution in [1.82, 2.24) is 10.2 Å². The minimum atomic E-state index is -0.812. The average molecular weight is 445 g/mol. The Balaban J connectivity index is 1.36. The van der Waals surface area contributed by atoms with Crippen LogP contribution in [-0.4, -0.2) is 35.8 Å². The molecular weight excluding hydrogens is 410 g/mol. The highest BCUT2D eigenvalue weighted by molar-refractivity contribution is 5.95. The summed E-state index contributed by atoms with van der Waals surface area (Å²) in [6.45, 7) is 4.67. The number of fused-ring (bicyclic) bond motifs is 5. The van der Waals surface area contributed by atoms with Crippen LogP contribution in [0.15, 0.2) is 18.2 Å². The number of piperidine rings is 1. The third kappa shape index (κ3) is 3.04. The number of nitrogens with one attached hydrogen (secondary N) is 1. The molecule has 3 aliphatic carbocycles. The van der Waals surface area contributed by atoms with Crippen LogP contribution in [0.1, 0.15) is 75.6 Å². The van der Waals surface area contributed by atoms with Crippen molar-refractivity contribution in [2.75, 3.05) is 7.05 Å². The molecule has 1 saturated heterocycles. The molecule has 1 aromatic carbocycles. The fourth-order valence-electron chi connectivity index (χ4n) is 8.33. The number of amides is 2. The first kappa shape index (κ1) is 21.8. The molecule has 4 fully saturated rings. The second kappa shape index (κ2) is 7.53. The first-order valence-electron chi connectivity index (χ1n) is 12.2. The monoisotopic (exact) mass is 444 g/mol. The maximum Gasteiger partial charge on any atom is 0.257 e. The Kier molecular flexibility index (Phi) is 5.14. The van der Waals surface area contributed by atoms with Crippen molar-refractivity contribution in [3.63, 3.8) is 0 Å². The number of carbonyl (C=O) groups excluding carboxylic acids is 2. The number of benzene rings is 1. The summed E-state index contributed by atoms with van der Waals surface area (Å²) in [6, 6.07) is 3.81. The molecule has 5 rings (SSSR count). The molecule has 6 heteroatoms. The van der Waals surface area contributed by atoms with E-state index in [2.05, 4.69) is 19.2 Å². The maximum atomic E-state index is 14.2. The molecule has 1 aromatic rings. The largest absolute Gasteiger partial charge is 0.349 e. The van der Waals surface area contributed by atoms with Gasteiger partial charge in [0, 0.05) is 25.6 Å². The molecule has 174 valence electrons. The Morgan fingerprint density at radius 3 is 2.41 bits per heavy atom. The molecule has 4 nitrogen and oxygen atoms in total. The number of halogens is 2. The van der Waals surface area contributed by atoms with E-state index in [1.165, 1.54) is 6.07 Å². The molecule has 3 saturated carbocycles. The third-order valence-electron chi connectivity index (χ3n) is 10.1. The summed E-state index contributed by atoms with van der Waals surface area (Å²) in [6.07, 6.45) is 7.76. The Morgan fingerprint density at radius 1 is 1.00 bits per heavy atom. The van der Waals surface area contributed by atoms with Crippen molar-refractivity contribution in [1.29, 1.82) is 0 Å². The lowest BCUT2D eigenvalue weighted by Crippen LogP contribution is -2.62. The topological polar surface area (TPSA) is 49.4 Å². The van der Waals surface area contributed by atoms with E-state index in [0.29, 0.717) is 30.2 Å². The first-order valence-corrected chi connectivity index (χ1v) is 12.2. The highest BCUT2D eigenvalue weighted by Crippen LogP contribution is 2.64. The molecule has 1 heterocycles. The average Bonchev–Trinajstić information content (AvgIpc) is 3.07. The van der Waals surface area contributed by atoms with Crippen molar-refractivity contribution >= 4 is 11.8 Å². The van der Waals surface area contributed by atoms with Gasteiger partial charge in [-0.15, -0.1) is 0 Å². The predicted octanol–water partition coefficient (Wildman–Crippen LogP) is 4.93. The van der Waals surface area contributed by atoms with Crippen LogP contribution in [0.2, 0.25) is 0 Å². The molecule has 0 aromatic heterocycles. The van der Waals surface area contributed by atoms with Crippen LogP contribution in [0, 0.1) is 40.2 Å². The predicted molar refractivity (Wildman–Crippen MR) is 118 cm³/mol. The van der Waals surface area contributed by atoms with Crippen LogP contribution >= 0.6 is 0 Å². The van der Waals surface area contributed by atoms with Crippen molar-refractivity contribution in [2.45, 2.75) is 77.3 Å². The Labute approximate surface area is 189 Å². The number of hydrogen-bond acceptors (Lipinski definition) is 2. The second-order valence-electron chi connectivity index (χ2n) is 11.2. The van der Waals surface area contributed by atoms with Gasteiger partial charge in [-0.1, -0.05) is 19.9 Å². The lowest BCUT2D eigenvalue weighted by Gasteiger charge is -2.61. The molecule has 2 amide bonds. The lowest BCUT2D eigenvalue weighted by molar-refractivity contribution is -0.157. The second-order valence-corrected chi connectivity index (χ2v) is 11.2. The van der Waals surface area contributed by atoms with Crippen LogP contribution in [-0.2, 0) is 4.79 Å². The Hall–Kier alpha value is -1.98. The van der Waals surface area contributed by atoms with Gasteiger partial charge in [0.2, 0.25) is 5.91 Å². The van der Waals surface area contributed by atoms with Crippen molar-refractivity contribution in [3.8, 4) is 0 Å². The quantitative estimate of drug-likeness (QED) is 0.703. The highest BCUT2D eigenvalue weighted by atomic mass is 19.1. The van der Waals surface area contributed by atoms with Crippen molar-refractivity contribution in [2.24, 2.45) is 28.6 Å². The Morgan fingerprint density at radius 2 is 1.69 bits per heavy atom. The molecule has 7 atom stereocenters. The lowest BCUT2D eigenvalue weighted by atomic mass is 9.47. The van der Waals surface area contributed by atoms with Crippen molar-refractivity contribution < 1.29 is 18.4 Å². The minimum Gasteiger partial charge on any atom is -0.349 e. The molecule has 0 radical (unpaired) electrons. The highest BCUT2D eigenvalue weighted by Gasteiger charge is 2.61. The summed E-state index contributed by atoms with van der Waals surface area (Å²) in [7, 11) is 1.97. The van der Waals surface area contributed by atoms with E-state index in [0.717, 1.165) is 57.1 Å². The molecule has 4 aliphatic rings. The molecule has 0 spiro atoms. The zero-order valence-electron chi connectivity index (χ0n) is 19.3. The normalized spacial score (nSPS) is 41.0. The summed E-state index contributed by atoms with van der Waals surface area (Å²) in [5, 5.41) is 3.02. The molecule has 1 unspecified atom stereocenters. The molecule has 0 bridgehead atoms. The van der Waals surface area contributed by atoms with Gasteiger partial charge in [-0.3, -0.25) is 9.59 Å². The van der Waals surface area contributed by atoms with Gasteiger partial charge in [0.05, 0.1) is 0 Å². The van der Waals surface area contributed by atoms with Gasteiger partial charge in [0.25, 0.3) is 5.91 Å². The third-order valence-corrected chi connectivity index (χ3v) is 10.1. The van der Waals surface area contributed by atoms with E-state index in [-0.39, 0.29) is 22.8 Å². The van der Waals surface area contributed by atoms with E-state index < -0.39 is 23.1 Å². The Bertz CT molecular complexity index is 932. The fourth-order valence-corrected chi connectivity index (χ4v) is 8.33. The van der Waals surface area contributed by atoms with Gasteiger partial charge in [-0.05, 0) is 85.7 Å². The van der Waals surface area contributed by atoms with E-state index in [1.807, 2.05) is 11.9 Å². The standard InChI is InChI=1S/C26H34F2N2O2/c1-25-13-11-17-15(7-10-21-26(17,2)14-12-22(31)30(21)3)16(25)8-9-20(25)29-24(32)23-18(27)5-4-6-19(23)28/h4-6,15-17,20-21H,7-14H2,1-3H3,(H,29,32)/t15-,16-,17-,20?,21+,25-,26+/m0/s1. The number of rotatable bonds is 2. The SMILES string of the molecule is CN1C(=O)CC[C@]2(C)[C@H]3CC[C@]4(C)C(NC(=O)c5c(F)cccc5F)CC[C@H]4[C@@H]3CC[C@@H]12. The van der Waals surface area contributed by atoms with Gasteiger partial charge >= 0.3 is 0 Å². The summed E-state index contributed by atoms with van der Waals surface area (Å²) in [5.74, 6) is -0.315. The number of hydrogen-bond donors (Lipinski definition) is 1. The van der Waals surface area contributed by atoms with Crippen LogP contribution in [0.5, 0.6) is 0 Å². The minimum absolute atomic E-state index is 0.0574. The molecule has 1 aliphatic heterocycles. The molecular formula is C26H34F2N2O2. The zero-order valence-corrected chi connectivity index (χ0v) is 19.3. The number of nitrogens with zero attached hydrogens (tertiary/aromatic N) is 1. The number of carbonyl (C=O) groups is 2. The van der Waals surface area contributed by atoms with Crippen LogP contribution in [0.25, 0.3) is 0 Å². The van der Waals surface area contributed by atoms with Crippen LogP contribution < -0.4 is 5.32 Å². The fraction of sp³-hybridized carbons (Fsp3) is 0.692.